The van der Waals surface area contributed by atoms with E-state index in [4.69, 9.17) is 4.74 Å². The minimum atomic E-state index is -3.69. The number of hydrogen-bond donors (Lipinski definition) is 2. The number of sulfonamides is 1. The average molecular weight is 410 g/mol. The van der Waals surface area contributed by atoms with E-state index >= 15 is 0 Å². The minimum absolute atomic E-state index is 0.116. The fraction of sp³-hybridized carbons (Fsp3) is 0.125. The number of ether oxygens (including phenoxy) is 1. The number of carbonyl (C=O) groups is 1. The first kappa shape index (κ1) is 18.4. The molecule has 26 heavy (non-hydrogen) atoms. The van der Waals surface area contributed by atoms with Crippen LogP contribution in [-0.2, 0) is 10.0 Å². The maximum Gasteiger partial charge on any atom is 0.275 e. The molecule has 0 saturated heterocycles. The Kier molecular flexibility index (Phi) is 5.55. The van der Waals surface area contributed by atoms with Crippen molar-refractivity contribution in [2.75, 3.05) is 16.6 Å². The van der Waals surface area contributed by atoms with Crippen molar-refractivity contribution in [2.45, 2.75) is 11.1 Å². The second-order valence-electron chi connectivity index (χ2n) is 4.96. The first-order valence-electron chi connectivity index (χ1n) is 7.54. The molecule has 2 N–H and O–H groups in total. The van der Waals surface area contributed by atoms with Gasteiger partial charge < -0.3 is 10.1 Å². The number of hydrogen-bond acceptors (Lipinski definition) is 7. The number of amides is 1. The Bertz CT molecular complexity index is 997. The average Bonchev–Trinajstić information content (AvgIpc) is 3.28. The van der Waals surface area contributed by atoms with Crippen molar-refractivity contribution in [2.24, 2.45) is 0 Å². The lowest BCUT2D eigenvalue weighted by Crippen LogP contribution is -2.14. The maximum absolute atomic E-state index is 12.4. The second kappa shape index (κ2) is 7.85. The molecule has 2 heterocycles. The summed E-state index contributed by atoms with van der Waals surface area (Å²) in [4.78, 5) is 16.4. The van der Waals surface area contributed by atoms with Gasteiger partial charge in [0, 0.05) is 5.38 Å². The van der Waals surface area contributed by atoms with Gasteiger partial charge in [0.2, 0.25) is 0 Å². The Morgan fingerprint density at radius 1 is 1.19 bits per heavy atom. The third kappa shape index (κ3) is 4.21. The number of nitrogens with one attached hydrogen (secondary N) is 2. The van der Waals surface area contributed by atoms with Crippen LogP contribution in [0.15, 0.2) is 51.4 Å². The molecule has 0 spiro atoms. The third-order valence-electron chi connectivity index (χ3n) is 3.15. The number of para-hydroxylation sites is 2. The van der Waals surface area contributed by atoms with E-state index in [0.29, 0.717) is 18.0 Å². The molecule has 0 bridgehead atoms. The first-order chi connectivity index (χ1) is 12.5. The Hall–Kier alpha value is -2.43. The van der Waals surface area contributed by atoms with Gasteiger partial charge in [0.25, 0.3) is 15.9 Å². The van der Waals surface area contributed by atoms with Crippen molar-refractivity contribution in [3.63, 3.8) is 0 Å². The summed E-state index contributed by atoms with van der Waals surface area (Å²) in [5.74, 6) is 0.104. The lowest BCUT2D eigenvalue weighted by Gasteiger charge is -2.10. The van der Waals surface area contributed by atoms with Crippen LogP contribution in [-0.4, -0.2) is 25.9 Å². The maximum atomic E-state index is 12.4. The Labute approximate surface area is 158 Å². The molecule has 0 atom stereocenters. The number of thiophene rings is 1. The van der Waals surface area contributed by atoms with Crippen molar-refractivity contribution < 1.29 is 17.9 Å². The summed E-state index contributed by atoms with van der Waals surface area (Å²) in [5.41, 5.74) is 0.637. The van der Waals surface area contributed by atoms with E-state index in [1.807, 2.05) is 6.92 Å². The molecule has 10 heteroatoms. The highest BCUT2D eigenvalue weighted by atomic mass is 32.2. The largest absolute Gasteiger partial charge is 0.492 e. The van der Waals surface area contributed by atoms with Crippen LogP contribution in [0.25, 0.3) is 0 Å². The van der Waals surface area contributed by atoms with Crippen molar-refractivity contribution in [1.29, 1.82) is 0 Å². The zero-order valence-corrected chi connectivity index (χ0v) is 16.1. The quantitative estimate of drug-likeness (QED) is 0.621. The van der Waals surface area contributed by atoms with Crippen LogP contribution < -0.4 is 14.8 Å². The highest BCUT2D eigenvalue weighted by Crippen LogP contribution is 2.26. The molecule has 0 radical (unpaired) electrons. The molecule has 0 aliphatic heterocycles. The van der Waals surface area contributed by atoms with E-state index < -0.39 is 15.9 Å². The second-order valence-corrected chi connectivity index (χ2v) is 8.67. The molecule has 0 fully saturated rings. The molecule has 2 aromatic heterocycles. The number of aromatic nitrogens is 1. The van der Waals surface area contributed by atoms with Crippen LogP contribution in [0.4, 0.5) is 10.8 Å². The smallest absolute Gasteiger partial charge is 0.275 e. The van der Waals surface area contributed by atoms with E-state index in [1.54, 1.807) is 35.7 Å². The van der Waals surface area contributed by atoms with E-state index in [2.05, 4.69) is 15.0 Å². The minimum Gasteiger partial charge on any atom is -0.492 e. The summed E-state index contributed by atoms with van der Waals surface area (Å²) < 4.78 is 32.4. The predicted octanol–water partition coefficient (Wildman–Crippen LogP) is 3.66. The van der Waals surface area contributed by atoms with Gasteiger partial charge in [-0.3, -0.25) is 9.52 Å². The van der Waals surface area contributed by atoms with Crippen LogP contribution >= 0.6 is 22.7 Å². The topological polar surface area (TPSA) is 97.4 Å². The molecular formula is C16H15N3O4S3. The number of rotatable bonds is 7. The number of thiazole rings is 1. The summed E-state index contributed by atoms with van der Waals surface area (Å²) in [6.45, 7) is 2.32. The first-order valence-corrected chi connectivity index (χ1v) is 10.8. The molecule has 0 aliphatic carbocycles. The molecule has 7 nitrogen and oxygen atoms in total. The van der Waals surface area contributed by atoms with Crippen LogP contribution in [0.1, 0.15) is 17.4 Å². The van der Waals surface area contributed by atoms with Gasteiger partial charge >= 0.3 is 0 Å². The van der Waals surface area contributed by atoms with Crippen LogP contribution in [0, 0.1) is 0 Å². The fourth-order valence-electron chi connectivity index (χ4n) is 2.04. The summed E-state index contributed by atoms with van der Waals surface area (Å²) in [7, 11) is -3.69. The Morgan fingerprint density at radius 3 is 2.73 bits per heavy atom. The molecule has 136 valence electrons. The monoisotopic (exact) mass is 409 g/mol. The van der Waals surface area contributed by atoms with Gasteiger partial charge in [0.05, 0.1) is 12.3 Å². The molecule has 0 unspecified atom stereocenters. The van der Waals surface area contributed by atoms with Gasteiger partial charge in [-0.25, -0.2) is 13.4 Å². The predicted molar refractivity (Wildman–Crippen MR) is 103 cm³/mol. The molecule has 1 amide bonds. The van der Waals surface area contributed by atoms with E-state index in [1.165, 1.54) is 11.4 Å². The van der Waals surface area contributed by atoms with Crippen molar-refractivity contribution in [3.8, 4) is 5.75 Å². The molecule has 3 rings (SSSR count). The number of benzene rings is 1. The normalized spacial score (nSPS) is 11.1. The van der Waals surface area contributed by atoms with Gasteiger partial charge in [-0.05, 0) is 30.5 Å². The van der Waals surface area contributed by atoms with Gasteiger partial charge in [0.1, 0.15) is 15.7 Å². The molecule has 0 saturated carbocycles. The summed E-state index contributed by atoms with van der Waals surface area (Å²) >= 11 is 2.14. The van der Waals surface area contributed by atoms with Crippen LogP contribution in [0.2, 0.25) is 0 Å². The summed E-state index contributed by atoms with van der Waals surface area (Å²) in [6, 6.07) is 10.2. The van der Waals surface area contributed by atoms with Gasteiger partial charge in [-0.2, -0.15) is 0 Å². The number of anilines is 2. The third-order valence-corrected chi connectivity index (χ3v) is 6.78. The Morgan fingerprint density at radius 2 is 2.00 bits per heavy atom. The van der Waals surface area contributed by atoms with Crippen molar-refractivity contribution in [3.05, 3.63) is 52.9 Å². The Balaban J connectivity index is 1.73. The fourth-order valence-corrected chi connectivity index (χ4v) is 4.98. The van der Waals surface area contributed by atoms with Gasteiger partial charge in [0.15, 0.2) is 5.13 Å². The van der Waals surface area contributed by atoms with Crippen LogP contribution in [0.5, 0.6) is 5.75 Å². The van der Waals surface area contributed by atoms with E-state index in [0.717, 1.165) is 22.7 Å². The molecular weight excluding hydrogens is 394 g/mol. The molecule has 3 aromatic rings. The van der Waals surface area contributed by atoms with E-state index in [-0.39, 0.29) is 15.0 Å². The summed E-state index contributed by atoms with van der Waals surface area (Å²) in [6.07, 6.45) is 0. The summed E-state index contributed by atoms with van der Waals surface area (Å²) in [5, 5.41) is 6.01. The number of carbonyl (C=O) groups excluding carboxylic acids is 1. The SMILES string of the molecule is CCOc1ccccc1NC(=O)c1csc(NS(=O)(=O)c2cccs2)n1. The number of nitrogens with zero attached hydrogens (tertiary/aromatic N) is 1. The lowest BCUT2D eigenvalue weighted by atomic mass is 10.3. The molecule has 0 aliphatic rings. The highest BCUT2D eigenvalue weighted by Gasteiger charge is 2.19. The van der Waals surface area contributed by atoms with Gasteiger partial charge in [-0.15, -0.1) is 22.7 Å². The standard InChI is InChI=1S/C16H15N3O4S3/c1-2-23-13-7-4-3-6-11(13)17-15(20)12-10-25-16(18-12)19-26(21,22)14-8-5-9-24-14/h3-10H,2H2,1H3,(H,17,20)(H,18,19). The van der Waals surface area contributed by atoms with Gasteiger partial charge in [-0.1, -0.05) is 18.2 Å². The van der Waals surface area contributed by atoms with E-state index in [9.17, 15) is 13.2 Å². The van der Waals surface area contributed by atoms with Crippen molar-refractivity contribution in [1.82, 2.24) is 4.98 Å². The lowest BCUT2D eigenvalue weighted by molar-refractivity contribution is 0.102. The highest BCUT2D eigenvalue weighted by molar-refractivity contribution is 7.94. The molecule has 1 aromatic carbocycles. The zero-order valence-electron chi connectivity index (χ0n) is 13.6. The van der Waals surface area contributed by atoms with Crippen molar-refractivity contribution >= 4 is 49.4 Å². The zero-order chi connectivity index (χ0) is 18.6. The van der Waals surface area contributed by atoms with Crippen LogP contribution in [0.3, 0.4) is 0 Å².